The Balaban J connectivity index is 2.27. The molecule has 0 unspecified atom stereocenters. The van der Waals surface area contributed by atoms with Crippen molar-refractivity contribution in [1.29, 1.82) is 0 Å². The lowest BCUT2D eigenvalue weighted by Gasteiger charge is -2.28. The minimum Gasteiger partial charge on any atom is -0.281 e. The van der Waals surface area contributed by atoms with Gasteiger partial charge >= 0.3 is 0 Å². The van der Waals surface area contributed by atoms with E-state index in [2.05, 4.69) is 24.0 Å². The van der Waals surface area contributed by atoms with Crippen LogP contribution in [0, 0.1) is 0 Å². The van der Waals surface area contributed by atoms with E-state index in [4.69, 9.17) is 0 Å². The van der Waals surface area contributed by atoms with Crippen molar-refractivity contribution in [2.45, 2.75) is 51.8 Å². The first kappa shape index (κ1) is 13.5. The molecule has 102 valence electrons. The van der Waals surface area contributed by atoms with Gasteiger partial charge in [0.15, 0.2) is 0 Å². The van der Waals surface area contributed by atoms with Gasteiger partial charge in [0.05, 0.1) is 23.2 Å². The van der Waals surface area contributed by atoms with Crippen molar-refractivity contribution in [2.24, 2.45) is 0 Å². The van der Waals surface area contributed by atoms with E-state index in [1.54, 1.807) is 18.2 Å². The summed E-state index contributed by atoms with van der Waals surface area (Å²) < 4.78 is 25.8. The number of rotatable bonds is 3. The van der Waals surface area contributed by atoms with Gasteiger partial charge in [-0.15, -0.1) is 0 Å². The largest absolute Gasteiger partial charge is 0.281 e. The van der Waals surface area contributed by atoms with Crippen molar-refractivity contribution in [2.75, 3.05) is 6.54 Å². The third kappa shape index (κ3) is 2.19. The third-order valence-corrected chi connectivity index (χ3v) is 5.66. The molecule has 0 atom stereocenters. The highest BCUT2D eigenvalue weighted by molar-refractivity contribution is 7.89. The molecule has 0 bridgehead atoms. The van der Waals surface area contributed by atoms with Gasteiger partial charge in [-0.2, -0.15) is 9.40 Å². The molecule has 18 heavy (non-hydrogen) atoms. The van der Waals surface area contributed by atoms with Gasteiger partial charge in [-0.25, -0.2) is 8.42 Å². The SMILES string of the molecule is CC(C)c1n[nH]c2c1CCN(S(=O)(=O)C(C)C)C2. The maximum Gasteiger partial charge on any atom is 0.216 e. The Labute approximate surface area is 109 Å². The maximum atomic E-state index is 12.1. The molecule has 0 spiro atoms. The van der Waals surface area contributed by atoms with E-state index in [0.717, 1.165) is 17.8 Å². The predicted octanol–water partition coefficient (Wildman–Crippen LogP) is 1.63. The zero-order valence-electron chi connectivity index (χ0n) is 11.4. The molecule has 1 aliphatic heterocycles. The number of fused-ring (bicyclic) bond motifs is 1. The number of nitrogens with zero attached hydrogens (tertiary/aromatic N) is 2. The summed E-state index contributed by atoms with van der Waals surface area (Å²) in [7, 11) is -3.17. The van der Waals surface area contributed by atoms with Crippen molar-refractivity contribution in [3.63, 3.8) is 0 Å². The number of aromatic amines is 1. The molecule has 0 aromatic carbocycles. The molecule has 6 heteroatoms. The van der Waals surface area contributed by atoms with Crippen LogP contribution in [-0.2, 0) is 23.0 Å². The van der Waals surface area contributed by atoms with E-state index in [9.17, 15) is 8.42 Å². The van der Waals surface area contributed by atoms with Gasteiger partial charge in [-0.3, -0.25) is 5.10 Å². The summed E-state index contributed by atoms with van der Waals surface area (Å²) in [6, 6.07) is 0. The highest BCUT2D eigenvalue weighted by atomic mass is 32.2. The number of sulfonamides is 1. The molecule has 0 saturated carbocycles. The van der Waals surface area contributed by atoms with Crippen LogP contribution in [0.1, 0.15) is 50.6 Å². The van der Waals surface area contributed by atoms with Crippen LogP contribution in [0.2, 0.25) is 0 Å². The molecule has 2 rings (SSSR count). The Hall–Kier alpha value is -0.880. The van der Waals surface area contributed by atoms with E-state index >= 15 is 0 Å². The zero-order chi connectivity index (χ0) is 13.5. The first-order chi connectivity index (χ1) is 8.34. The molecule has 1 aromatic rings. The van der Waals surface area contributed by atoms with Gasteiger partial charge in [0, 0.05) is 6.54 Å². The minimum atomic E-state index is -3.17. The molecule has 0 amide bonds. The third-order valence-electron chi connectivity index (χ3n) is 3.43. The second-order valence-corrected chi connectivity index (χ2v) is 7.89. The van der Waals surface area contributed by atoms with E-state index in [1.807, 2.05) is 0 Å². The van der Waals surface area contributed by atoms with Gasteiger partial charge in [0.25, 0.3) is 0 Å². The summed E-state index contributed by atoms with van der Waals surface area (Å²) in [5.41, 5.74) is 3.24. The highest BCUT2D eigenvalue weighted by Crippen LogP contribution is 2.27. The summed E-state index contributed by atoms with van der Waals surface area (Å²) >= 11 is 0. The number of hydrogen-bond acceptors (Lipinski definition) is 3. The van der Waals surface area contributed by atoms with E-state index < -0.39 is 10.0 Å². The molecule has 0 aliphatic carbocycles. The van der Waals surface area contributed by atoms with Crippen molar-refractivity contribution in [3.05, 3.63) is 17.0 Å². The Morgan fingerprint density at radius 2 is 1.94 bits per heavy atom. The molecular weight excluding hydrogens is 250 g/mol. The summed E-state index contributed by atoms with van der Waals surface area (Å²) in [4.78, 5) is 0. The van der Waals surface area contributed by atoms with Crippen LogP contribution in [0.5, 0.6) is 0 Å². The summed E-state index contributed by atoms with van der Waals surface area (Å²) in [5.74, 6) is 0.373. The monoisotopic (exact) mass is 271 g/mol. The van der Waals surface area contributed by atoms with Crippen LogP contribution in [0.4, 0.5) is 0 Å². The molecule has 1 aromatic heterocycles. The van der Waals surface area contributed by atoms with Crippen LogP contribution in [0.25, 0.3) is 0 Å². The van der Waals surface area contributed by atoms with Crippen molar-refractivity contribution in [1.82, 2.24) is 14.5 Å². The van der Waals surface area contributed by atoms with E-state index in [1.165, 1.54) is 5.56 Å². The Morgan fingerprint density at radius 3 is 2.50 bits per heavy atom. The number of hydrogen-bond donors (Lipinski definition) is 1. The smallest absolute Gasteiger partial charge is 0.216 e. The van der Waals surface area contributed by atoms with E-state index in [0.29, 0.717) is 19.0 Å². The molecule has 2 heterocycles. The van der Waals surface area contributed by atoms with Crippen molar-refractivity contribution >= 4 is 10.0 Å². The average molecular weight is 271 g/mol. The van der Waals surface area contributed by atoms with Crippen LogP contribution < -0.4 is 0 Å². The Kier molecular flexibility index (Phi) is 3.51. The Bertz CT molecular complexity index is 532. The molecule has 0 saturated heterocycles. The molecule has 5 nitrogen and oxygen atoms in total. The van der Waals surface area contributed by atoms with Gasteiger partial charge in [0.2, 0.25) is 10.0 Å². The van der Waals surface area contributed by atoms with Gasteiger partial charge in [-0.05, 0) is 31.7 Å². The normalized spacial score (nSPS) is 17.4. The van der Waals surface area contributed by atoms with Crippen molar-refractivity contribution < 1.29 is 8.42 Å². The number of nitrogens with one attached hydrogen (secondary N) is 1. The number of H-pyrrole nitrogens is 1. The molecule has 0 fully saturated rings. The highest BCUT2D eigenvalue weighted by Gasteiger charge is 2.31. The molecular formula is C12H21N3O2S. The average Bonchev–Trinajstić information content (AvgIpc) is 2.71. The number of aromatic nitrogens is 2. The summed E-state index contributed by atoms with van der Waals surface area (Å²) in [6.45, 7) is 8.64. The summed E-state index contributed by atoms with van der Waals surface area (Å²) in [6.07, 6.45) is 0.755. The predicted molar refractivity (Wildman–Crippen MR) is 70.8 cm³/mol. The Morgan fingerprint density at radius 1 is 1.28 bits per heavy atom. The zero-order valence-corrected chi connectivity index (χ0v) is 12.2. The molecule has 1 aliphatic rings. The van der Waals surface area contributed by atoms with Gasteiger partial charge < -0.3 is 0 Å². The lowest BCUT2D eigenvalue weighted by atomic mass is 9.99. The second kappa shape index (κ2) is 4.66. The topological polar surface area (TPSA) is 66.1 Å². The lowest BCUT2D eigenvalue weighted by Crippen LogP contribution is -2.40. The standard InChI is InChI=1S/C12H21N3O2S/c1-8(2)12-10-5-6-15(7-11(10)13-14-12)18(16,17)9(3)4/h8-9H,5-7H2,1-4H3,(H,13,14). The van der Waals surface area contributed by atoms with Crippen LogP contribution in [0.15, 0.2) is 0 Å². The first-order valence-corrected chi connectivity index (χ1v) is 7.89. The van der Waals surface area contributed by atoms with Crippen LogP contribution in [-0.4, -0.2) is 34.7 Å². The molecule has 0 radical (unpaired) electrons. The van der Waals surface area contributed by atoms with Crippen LogP contribution in [0.3, 0.4) is 0 Å². The fraction of sp³-hybridized carbons (Fsp3) is 0.750. The fourth-order valence-corrected chi connectivity index (χ4v) is 3.56. The van der Waals surface area contributed by atoms with Crippen molar-refractivity contribution in [3.8, 4) is 0 Å². The second-order valence-electron chi connectivity index (χ2n) is 5.40. The molecule has 1 N–H and O–H groups in total. The minimum absolute atomic E-state index is 0.369. The van der Waals surface area contributed by atoms with Gasteiger partial charge in [-0.1, -0.05) is 13.8 Å². The fourth-order valence-electron chi connectivity index (χ4n) is 2.31. The first-order valence-electron chi connectivity index (χ1n) is 6.39. The van der Waals surface area contributed by atoms with Crippen LogP contribution >= 0.6 is 0 Å². The quantitative estimate of drug-likeness (QED) is 0.908. The maximum absolute atomic E-state index is 12.1. The van der Waals surface area contributed by atoms with Gasteiger partial charge in [0.1, 0.15) is 0 Å². The van der Waals surface area contributed by atoms with E-state index in [-0.39, 0.29) is 5.25 Å². The lowest BCUT2D eigenvalue weighted by molar-refractivity contribution is 0.382. The summed E-state index contributed by atoms with van der Waals surface area (Å²) in [5, 5.41) is 6.94.